The summed E-state index contributed by atoms with van der Waals surface area (Å²) in [5.41, 5.74) is -0.0994. The molecule has 0 bridgehead atoms. The van der Waals surface area contributed by atoms with Gasteiger partial charge in [0.05, 0.1) is 11.6 Å². The summed E-state index contributed by atoms with van der Waals surface area (Å²) >= 11 is 0. The van der Waals surface area contributed by atoms with Gasteiger partial charge in [0.15, 0.2) is 0 Å². The molecule has 0 spiro atoms. The molecule has 0 fully saturated rings. The van der Waals surface area contributed by atoms with Crippen LogP contribution in [-0.4, -0.2) is 30.3 Å². The smallest absolute Gasteiger partial charge is 0.408 e. The van der Waals surface area contributed by atoms with Gasteiger partial charge in [-0.15, -0.1) is 0 Å². The highest BCUT2D eigenvalue weighted by atomic mass is 16.6. The van der Waals surface area contributed by atoms with Gasteiger partial charge >= 0.3 is 12.1 Å². The Labute approximate surface area is 214 Å². The number of hydrogen-bond acceptors (Lipinski definition) is 4. The fourth-order valence-corrected chi connectivity index (χ4v) is 3.79. The minimum absolute atomic E-state index is 0.0575. The molecule has 0 saturated carbocycles. The van der Waals surface area contributed by atoms with Crippen molar-refractivity contribution in [3.8, 4) is 0 Å². The van der Waals surface area contributed by atoms with Crippen molar-refractivity contribution in [1.29, 1.82) is 0 Å². The van der Waals surface area contributed by atoms with Gasteiger partial charge in [-0.05, 0) is 45.7 Å². The number of rotatable bonds is 18. The number of carbonyl (C=O) groups is 2. The largest absolute Gasteiger partial charge is 0.460 e. The second kappa shape index (κ2) is 19.0. The maximum Gasteiger partial charge on any atom is 0.408 e. The summed E-state index contributed by atoms with van der Waals surface area (Å²) < 4.78 is 10.8. The third-order valence-electron chi connectivity index (χ3n) is 5.70. The highest BCUT2D eigenvalue weighted by Gasteiger charge is 2.19. The first-order valence-electron chi connectivity index (χ1n) is 13.7. The molecule has 0 unspecified atom stereocenters. The number of allylic oxidation sites excluding steroid dienone is 1. The third kappa shape index (κ3) is 17.7. The van der Waals surface area contributed by atoms with E-state index in [2.05, 4.69) is 18.3 Å². The normalized spacial score (nSPS) is 12.5. The van der Waals surface area contributed by atoms with E-state index in [-0.39, 0.29) is 6.61 Å². The average molecular weight is 488 g/mol. The Balaban J connectivity index is 2.30. The highest BCUT2D eigenvalue weighted by molar-refractivity contribution is 5.89. The fourth-order valence-electron chi connectivity index (χ4n) is 3.79. The van der Waals surface area contributed by atoms with Gasteiger partial charge in [0.25, 0.3) is 0 Å². The van der Waals surface area contributed by atoms with Gasteiger partial charge in [-0.25, -0.2) is 9.59 Å². The monoisotopic (exact) mass is 487 g/mol. The van der Waals surface area contributed by atoms with Crippen molar-refractivity contribution in [2.45, 2.75) is 123 Å². The number of hydrogen-bond donors (Lipinski definition) is 1. The van der Waals surface area contributed by atoms with Crippen LogP contribution in [0.15, 0.2) is 42.5 Å². The maximum atomic E-state index is 12.3. The van der Waals surface area contributed by atoms with E-state index in [4.69, 9.17) is 9.47 Å². The molecule has 0 aliphatic rings. The average Bonchev–Trinajstić information content (AvgIpc) is 2.81. The van der Waals surface area contributed by atoms with Crippen LogP contribution >= 0.6 is 0 Å². The first-order chi connectivity index (χ1) is 16.8. The molecule has 0 aliphatic carbocycles. The van der Waals surface area contributed by atoms with Crippen molar-refractivity contribution < 1.29 is 19.1 Å². The Morgan fingerprint density at radius 3 is 1.94 bits per heavy atom. The third-order valence-corrected chi connectivity index (χ3v) is 5.70. The van der Waals surface area contributed by atoms with Gasteiger partial charge in [0.1, 0.15) is 12.2 Å². The van der Waals surface area contributed by atoms with Crippen LogP contribution in [0.4, 0.5) is 4.79 Å². The van der Waals surface area contributed by atoms with Crippen molar-refractivity contribution in [3.63, 3.8) is 0 Å². The maximum absolute atomic E-state index is 12.3. The molecule has 1 aromatic rings. The van der Waals surface area contributed by atoms with E-state index in [9.17, 15) is 9.59 Å². The lowest BCUT2D eigenvalue weighted by Gasteiger charge is -2.22. The minimum Gasteiger partial charge on any atom is -0.460 e. The van der Waals surface area contributed by atoms with Gasteiger partial charge < -0.3 is 14.8 Å². The lowest BCUT2D eigenvalue weighted by Crippen LogP contribution is -2.40. The molecule has 1 amide bonds. The SMILES string of the molecule is CCCCCCCCCCCCCC/C=C\[C@H](COC(=O)c1ccccc1)NC(=O)OC(C)(C)C. The van der Waals surface area contributed by atoms with Crippen LogP contribution < -0.4 is 5.32 Å². The molecule has 5 heteroatoms. The van der Waals surface area contributed by atoms with Crippen molar-refractivity contribution in [1.82, 2.24) is 5.32 Å². The number of unbranched alkanes of at least 4 members (excludes halogenated alkanes) is 12. The van der Waals surface area contributed by atoms with Gasteiger partial charge in [-0.1, -0.05) is 108 Å². The molecule has 0 aromatic heterocycles. The predicted molar refractivity (Wildman–Crippen MR) is 145 cm³/mol. The quantitative estimate of drug-likeness (QED) is 0.128. The summed E-state index contributed by atoms with van der Waals surface area (Å²) in [5.74, 6) is -0.407. The molecule has 1 aromatic carbocycles. The summed E-state index contributed by atoms with van der Waals surface area (Å²) in [4.78, 5) is 24.5. The van der Waals surface area contributed by atoms with Crippen LogP contribution in [0.1, 0.15) is 122 Å². The van der Waals surface area contributed by atoms with Crippen molar-refractivity contribution in [2.75, 3.05) is 6.61 Å². The van der Waals surface area contributed by atoms with Crippen LogP contribution in [0, 0.1) is 0 Å². The van der Waals surface area contributed by atoms with Crippen LogP contribution in [0.2, 0.25) is 0 Å². The first kappa shape index (κ1) is 30.7. The molecule has 5 nitrogen and oxygen atoms in total. The van der Waals surface area contributed by atoms with Gasteiger partial charge in [-0.2, -0.15) is 0 Å². The number of nitrogens with one attached hydrogen (secondary N) is 1. The van der Waals surface area contributed by atoms with Gasteiger partial charge in [-0.3, -0.25) is 0 Å². The molecule has 0 heterocycles. The van der Waals surface area contributed by atoms with E-state index >= 15 is 0 Å². The van der Waals surface area contributed by atoms with E-state index in [1.807, 2.05) is 32.9 Å². The minimum atomic E-state index is -0.589. The topological polar surface area (TPSA) is 64.6 Å². The van der Waals surface area contributed by atoms with E-state index in [1.165, 1.54) is 70.6 Å². The summed E-state index contributed by atoms with van der Waals surface area (Å²) in [7, 11) is 0. The van der Waals surface area contributed by atoms with E-state index in [0.717, 1.165) is 12.8 Å². The lowest BCUT2D eigenvalue weighted by atomic mass is 10.0. The summed E-state index contributed by atoms with van der Waals surface area (Å²) in [6, 6.07) is 8.42. The highest BCUT2D eigenvalue weighted by Crippen LogP contribution is 2.13. The number of ether oxygens (including phenoxy) is 2. The standard InChI is InChI=1S/C30H49NO4/c1-5-6-7-8-9-10-11-12-13-14-15-16-17-21-24-27(31-29(33)35-30(2,3)4)25-34-28(32)26-22-19-18-20-23-26/h18-24,27H,5-17,25H2,1-4H3,(H,31,33)/b24-21-/t27-/m1/s1. The number of esters is 1. The fraction of sp³-hybridized carbons (Fsp3) is 0.667. The van der Waals surface area contributed by atoms with Crippen molar-refractivity contribution >= 4 is 12.1 Å². The summed E-state index contributed by atoms with van der Waals surface area (Å²) in [5, 5.41) is 2.80. The zero-order valence-corrected chi connectivity index (χ0v) is 22.7. The molecular weight excluding hydrogens is 438 g/mol. The molecule has 1 rings (SSSR count). The first-order valence-corrected chi connectivity index (χ1v) is 13.7. The second-order valence-electron chi connectivity index (χ2n) is 10.3. The number of carbonyl (C=O) groups excluding carboxylic acids is 2. The zero-order valence-electron chi connectivity index (χ0n) is 22.7. The summed E-state index contributed by atoms with van der Waals surface area (Å²) in [6.07, 6.45) is 20.3. The van der Waals surface area contributed by atoms with E-state index < -0.39 is 23.7 Å². The van der Waals surface area contributed by atoms with Gasteiger partial charge in [0.2, 0.25) is 0 Å². The van der Waals surface area contributed by atoms with Crippen LogP contribution in [-0.2, 0) is 9.47 Å². The van der Waals surface area contributed by atoms with Crippen LogP contribution in [0.5, 0.6) is 0 Å². The molecule has 35 heavy (non-hydrogen) atoms. The zero-order chi connectivity index (χ0) is 25.8. The Morgan fingerprint density at radius 1 is 0.857 bits per heavy atom. The van der Waals surface area contributed by atoms with Crippen LogP contribution in [0.3, 0.4) is 0 Å². The molecule has 0 radical (unpaired) electrons. The Morgan fingerprint density at radius 2 is 1.40 bits per heavy atom. The van der Waals surface area contributed by atoms with Crippen molar-refractivity contribution in [2.24, 2.45) is 0 Å². The molecular formula is C30H49NO4. The molecule has 0 saturated heterocycles. The Bertz CT molecular complexity index is 709. The van der Waals surface area contributed by atoms with Crippen molar-refractivity contribution in [3.05, 3.63) is 48.0 Å². The number of amides is 1. The molecule has 0 aliphatic heterocycles. The van der Waals surface area contributed by atoms with E-state index in [1.54, 1.807) is 24.3 Å². The Kier molecular flexibility index (Phi) is 16.6. The lowest BCUT2D eigenvalue weighted by molar-refractivity contribution is 0.0397. The molecule has 198 valence electrons. The van der Waals surface area contributed by atoms with Crippen LogP contribution in [0.25, 0.3) is 0 Å². The molecule has 1 N–H and O–H groups in total. The molecule has 1 atom stereocenters. The predicted octanol–water partition coefficient (Wildman–Crippen LogP) is 8.38. The number of benzene rings is 1. The number of alkyl carbamates (subject to hydrolysis) is 1. The second-order valence-corrected chi connectivity index (χ2v) is 10.3. The van der Waals surface area contributed by atoms with Gasteiger partial charge in [0, 0.05) is 0 Å². The van der Waals surface area contributed by atoms with E-state index in [0.29, 0.717) is 5.56 Å². The Hall–Kier alpha value is -2.30. The summed E-state index contributed by atoms with van der Waals surface area (Å²) in [6.45, 7) is 7.78.